The minimum absolute atomic E-state index is 0.205. The molecule has 1 fully saturated rings. The average Bonchev–Trinajstić information content (AvgIpc) is 2.93. The topological polar surface area (TPSA) is 99.2 Å². The van der Waals surface area contributed by atoms with Crippen molar-refractivity contribution >= 4 is 86.1 Å². The van der Waals surface area contributed by atoms with E-state index < -0.39 is 29.1 Å². The number of thioether (sulfide) groups is 1. The van der Waals surface area contributed by atoms with Gasteiger partial charge < -0.3 is 14.2 Å². The van der Waals surface area contributed by atoms with E-state index in [0.717, 1.165) is 23.8 Å². The van der Waals surface area contributed by atoms with Gasteiger partial charge in [-0.2, -0.15) is 0 Å². The Morgan fingerprint density at radius 1 is 1.24 bits per heavy atom. The summed E-state index contributed by atoms with van der Waals surface area (Å²) in [5.41, 5.74) is 0.679. The van der Waals surface area contributed by atoms with Crippen LogP contribution in [0, 0.1) is 7.14 Å². The van der Waals surface area contributed by atoms with Crippen LogP contribution in [0.25, 0.3) is 6.08 Å². The fourth-order valence-electron chi connectivity index (χ4n) is 2.38. The molecule has 1 heterocycles. The third-order valence-corrected chi connectivity index (χ3v) is 6.20. The van der Waals surface area contributed by atoms with Gasteiger partial charge in [0.25, 0.3) is 11.1 Å². The molecule has 0 N–H and O–H groups in total. The van der Waals surface area contributed by atoms with E-state index in [0.29, 0.717) is 11.3 Å². The van der Waals surface area contributed by atoms with E-state index in [2.05, 4.69) is 49.9 Å². The normalized spacial score (nSPS) is 16.2. The quantitative estimate of drug-likeness (QED) is 0.253. The Kier molecular flexibility index (Phi) is 8.75. The zero-order valence-corrected chi connectivity index (χ0v) is 20.8. The first-order valence-electron chi connectivity index (χ1n) is 8.31. The first kappa shape index (κ1) is 23.9. The Balaban J connectivity index is 2.22. The highest BCUT2D eigenvalue weighted by molar-refractivity contribution is 14.1. The number of imide groups is 1. The Morgan fingerprint density at radius 2 is 1.86 bits per heavy atom. The van der Waals surface area contributed by atoms with Crippen LogP contribution >= 0.6 is 56.9 Å². The first-order chi connectivity index (χ1) is 13.7. The van der Waals surface area contributed by atoms with Crippen molar-refractivity contribution in [2.45, 2.75) is 19.9 Å². The fourth-order valence-corrected chi connectivity index (χ4v) is 5.41. The maximum Gasteiger partial charge on any atom is 0.344 e. The Hall–Kier alpha value is -1.35. The van der Waals surface area contributed by atoms with Gasteiger partial charge in [0, 0.05) is 0 Å². The molecular formula is C18H17I2NO7S. The van der Waals surface area contributed by atoms with Crippen LogP contribution in [0.2, 0.25) is 0 Å². The second-order valence-corrected chi connectivity index (χ2v) is 8.98. The molecule has 0 aliphatic carbocycles. The number of carbonyl (C=O) groups is 4. The van der Waals surface area contributed by atoms with Crippen LogP contribution in [0.3, 0.4) is 0 Å². The van der Waals surface area contributed by atoms with Crippen molar-refractivity contribution in [1.82, 2.24) is 4.90 Å². The lowest BCUT2D eigenvalue weighted by molar-refractivity contribution is -0.148. The number of rotatable bonds is 7. The van der Waals surface area contributed by atoms with Gasteiger partial charge in [-0.1, -0.05) is 0 Å². The molecule has 156 valence electrons. The highest BCUT2D eigenvalue weighted by Crippen LogP contribution is 2.35. The van der Waals surface area contributed by atoms with Gasteiger partial charge in [0.15, 0.2) is 6.61 Å². The molecule has 1 saturated heterocycles. The third-order valence-electron chi connectivity index (χ3n) is 3.71. The van der Waals surface area contributed by atoms with Crippen LogP contribution in [0.1, 0.15) is 19.4 Å². The minimum Gasteiger partial charge on any atom is -0.480 e. The van der Waals surface area contributed by atoms with Gasteiger partial charge >= 0.3 is 11.9 Å². The number of benzene rings is 1. The van der Waals surface area contributed by atoms with E-state index in [1.165, 1.54) is 14.0 Å². The van der Waals surface area contributed by atoms with Crippen molar-refractivity contribution in [1.29, 1.82) is 0 Å². The van der Waals surface area contributed by atoms with Crippen molar-refractivity contribution in [3.05, 3.63) is 29.7 Å². The Bertz CT molecular complexity index is 864. The molecular weight excluding hydrogens is 628 g/mol. The van der Waals surface area contributed by atoms with Crippen LogP contribution in [0.15, 0.2) is 17.0 Å². The standard InChI is InChI=1S/C18H17I2NO7S/c1-4-27-14(22)8-28-15-11(19)5-10(6-12(15)20)7-13-16(23)21(18(25)29-13)9(2)17(24)26-3/h5-7,9H,4,8H2,1-3H3/b13-7+/t9-/m0/s1. The summed E-state index contributed by atoms with van der Waals surface area (Å²) in [6.45, 7) is 3.23. The van der Waals surface area contributed by atoms with Crippen LogP contribution in [-0.4, -0.2) is 54.4 Å². The lowest BCUT2D eigenvalue weighted by Gasteiger charge is -2.18. The van der Waals surface area contributed by atoms with E-state index >= 15 is 0 Å². The van der Waals surface area contributed by atoms with Gasteiger partial charge in [-0.25, -0.2) is 9.59 Å². The summed E-state index contributed by atoms with van der Waals surface area (Å²) in [5.74, 6) is -1.15. The lowest BCUT2D eigenvalue weighted by atomic mass is 10.2. The molecule has 0 radical (unpaired) electrons. The predicted octanol–water partition coefficient (Wildman–Crippen LogP) is 3.44. The van der Waals surface area contributed by atoms with Gasteiger partial charge in [-0.3, -0.25) is 14.5 Å². The summed E-state index contributed by atoms with van der Waals surface area (Å²) in [4.78, 5) is 49.0. The van der Waals surface area contributed by atoms with Crippen LogP contribution in [-0.2, 0) is 23.9 Å². The molecule has 2 rings (SSSR count). The van der Waals surface area contributed by atoms with E-state index in [4.69, 9.17) is 9.47 Å². The number of nitrogens with zero attached hydrogens (tertiary/aromatic N) is 1. The minimum atomic E-state index is -1.00. The van der Waals surface area contributed by atoms with Crippen molar-refractivity contribution in [2.75, 3.05) is 20.3 Å². The number of amides is 2. The smallest absolute Gasteiger partial charge is 0.344 e. The summed E-state index contributed by atoms with van der Waals surface area (Å²) >= 11 is 4.89. The summed E-state index contributed by atoms with van der Waals surface area (Å²) in [6, 6.07) is 2.53. The fraction of sp³-hybridized carbons (Fsp3) is 0.333. The zero-order chi connectivity index (χ0) is 21.7. The first-order valence-corrected chi connectivity index (χ1v) is 11.3. The molecule has 2 amide bonds. The largest absolute Gasteiger partial charge is 0.480 e. The maximum absolute atomic E-state index is 12.6. The highest BCUT2D eigenvalue weighted by atomic mass is 127. The van der Waals surface area contributed by atoms with Gasteiger partial charge in [-0.15, -0.1) is 0 Å². The molecule has 8 nitrogen and oxygen atoms in total. The van der Waals surface area contributed by atoms with Crippen molar-refractivity contribution < 1.29 is 33.4 Å². The maximum atomic E-state index is 12.6. The molecule has 11 heteroatoms. The summed E-state index contributed by atoms with van der Waals surface area (Å²) in [6.07, 6.45) is 1.58. The van der Waals surface area contributed by atoms with Crippen molar-refractivity contribution in [3.8, 4) is 5.75 Å². The predicted molar refractivity (Wildman–Crippen MR) is 123 cm³/mol. The molecule has 0 spiro atoms. The number of hydrogen-bond donors (Lipinski definition) is 0. The molecule has 1 aromatic carbocycles. The average molecular weight is 645 g/mol. The van der Waals surface area contributed by atoms with Crippen LogP contribution in [0.4, 0.5) is 4.79 Å². The van der Waals surface area contributed by atoms with Gasteiger partial charge in [0.2, 0.25) is 0 Å². The van der Waals surface area contributed by atoms with E-state index in [-0.39, 0.29) is 18.1 Å². The second-order valence-electron chi connectivity index (χ2n) is 5.66. The zero-order valence-electron chi connectivity index (χ0n) is 15.7. The van der Waals surface area contributed by atoms with Gasteiger partial charge in [-0.05, 0) is 94.6 Å². The van der Waals surface area contributed by atoms with Crippen LogP contribution in [0.5, 0.6) is 5.75 Å². The lowest BCUT2D eigenvalue weighted by Crippen LogP contribution is -2.42. The third kappa shape index (κ3) is 5.84. The SMILES string of the molecule is CCOC(=O)COc1c(I)cc(/C=C2/SC(=O)N([C@@H](C)C(=O)OC)C2=O)cc1I. The van der Waals surface area contributed by atoms with E-state index in [1.807, 2.05) is 0 Å². The molecule has 0 aromatic heterocycles. The van der Waals surface area contributed by atoms with Gasteiger partial charge in [0.05, 0.1) is 25.8 Å². The van der Waals surface area contributed by atoms with Crippen LogP contribution < -0.4 is 4.74 Å². The molecule has 1 aliphatic rings. The van der Waals surface area contributed by atoms with Crippen molar-refractivity contribution in [2.24, 2.45) is 0 Å². The molecule has 0 saturated carbocycles. The molecule has 1 aliphatic heterocycles. The number of carbonyl (C=O) groups excluding carboxylic acids is 4. The van der Waals surface area contributed by atoms with E-state index in [1.54, 1.807) is 25.1 Å². The summed E-state index contributed by atoms with van der Waals surface area (Å²) < 4.78 is 16.4. The number of ether oxygens (including phenoxy) is 3. The number of esters is 2. The van der Waals surface area contributed by atoms with Gasteiger partial charge in [0.1, 0.15) is 11.8 Å². The molecule has 1 atom stereocenters. The molecule has 29 heavy (non-hydrogen) atoms. The number of methoxy groups -OCH3 is 1. The van der Waals surface area contributed by atoms with Crippen molar-refractivity contribution in [3.63, 3.8) is 0 Å². The summed E-state index contributed by atoms with van der Waals surface area (Å²) in [7, 11) is 1.20. The summed E-state index contributed by atoms with van der Waals surface area (Å²) in [5, 5.41) is -0.530. The second kappa shape index (κ2) is 10.6. The molecule has 1 aromatic rings. The Morgan fingerprint density at radius 3 is 2.41 bits per heavy atom. The molecule has 0 bridgehead atoms. The Labute approximate surface area is 199 Å². The molecule has 0 unspecified atom stereocenters. The monoisotopic (exact) mass is 645 g/mol. The van der Waals surface area contributed by atoms with E-state index in [9.17, 15) is 19.2 Å². The number of hydrogen-bond acceptors (Lipinski definition) is 8. The number of halogens is 2. The highest BCUT2D eigenvalue weighted by Gasteiger charge is 2.41.